The minimum absolute atomic E-state index is 0.0124. The highest BCUT2D eigenvalue weighted by atomic mass is 32.1. The van der Waals surface area contributed by atoms with Gasteiger partial charge in [0.2, 0.25) is 11.9 Å². The molecular weight excluding hydrogens is 348 g/mol. The largest absolute Gasteiger partial charge is 0.341 e. The van der Waals surface area contributed by atoms with Crippen LogP contribution in [-0.2, 0) is 11.3 Å². The van der Waals surface area contributed by atoms with Crippen molar-refractivity contribution < 1.29 is 4.79 Å². The molecule has 3 heterocycles. The van der Waals surface area contributed by atoms with Crippen molar-refractivity contribution in [2.75, 3.05) is 37.4 Å². The second-order valence-electron chi connectivity index (χ2n) is 7.08. The maximum Gasteiger partial charge on any atom is 0.229 e. The van der Waals surface area contributed by atoms with Crippen LogP contribution in [0, 0.1) is 19.8 Å². The molecule has 1 amide bonds. The number of carbonyl (C=O) groups is 1. The van der Waals surface area contributed by atoms with E-state index in [0.717, 1.165) is 55.5 Å². The van der Waals surface area contributed by atoms with Crippen molar-refractivity contribution in [3.63, 3.8) is 0 Å². The predicted molar refractivity (Wildman–Crippen MR) is 105 cm³/mol. The maximum absolute atomic E-state index is 12.5. The lowest BCUT2D eigenvalue weighted by Gasteiger charge is -2.31. The van der Waals surface area contributed by atoms with Gasteiger partial charge in [0.05, 0.1) is 5.69 Å². The molecule has 1 fully saturated rings. The summed E-state index contributed by atoms with van der Waals surface area (Å²) in [5.41, 5.74) is 2.94. The molecule has 2 aromatic rings. The minimum atomic E-state index is 0.0124. The highest BCUT2D eigenvalue weighted by Gasteiger charge is 2.27. The van der Waals surface area contributed by atoms with Crippen LogP contribution in [0.15, 0.2) is 11.4 Å². The standard InChI is InChI=1S/C18H26N6OS/c1-12-9-13(2)20-17(19-12)24-7-5-14(6-8-24)16(25)22-18-21-15(11-26-18)10-23(3)4/h9,11,14H,5-8,10H2,1-4H3,(H,21,22,25). The van der Waals surface area contributed by atoms with E-state index in [0.29, 0.717) is 5.13 Å². The van der Waals surface area contributed by atoms with Crippen molar-refractivity contribution in [1.82, 2.24) is 19.9 Å². The van der Waals surface area contributed by atoms with E-state index in [1.807, 2.05) is 39.4 Å². The highest BCUT2D eigenvalue weighted by Crippen LogP contribution is 2.24. The van der Waals surface area contributed by atoms with E-state index in [1.54, 1.807) is 0 Å². The highest BCUT2D eigenvalue weighted by molar-refractivity contribution is 7.13. The minimum Gasteiger partial charge on any atom is -0.341 e. The second kappa shape index (κ2) is 8.09. The number of aromatic nitrogens is 3. The van der Waals surface area contributed by atoms with Crippen LogP contribution in [0.2, 0.25) is 0 Å². The van der Waals surface area contributed by atoms with E-state index in [2.05, 4.69) is 30.1 Å². The van der Waals surface area contributed by atoms with E-state index < -0.39 is 0 Å². The van der Waals surface area contributed by atoms with Crippen LogP contribution in [0.1, 0.15) is 29.9 Å². The molecule has 26 heavy (non-hydrogen) atoms. The Bertz CT molecular complexity index is 747. The molecule has 0 unspecified atom stereocenters. The molecule has 0 radical (unpaired) electrons. The van der Waals surface area contributed by atoms with Gasteiger partial charge in [-0.05, 0) is 46.9 Å². The Morgan fingerprint density at radius 3 is 2.50 bits per heavy atom. The van der Waals surface area contributed by atoms with Gasteiger partial charge in [-0.15, -0.1) is 11.3 Å². The van der Waals surface area contributed by atoms with Crippen LogP contribution in [-0.4, -0.2) is 52.9 Å². The molecule has 0 atom stereocenters. The first-order valence-electron chi connectivity index (χ1n) is 8.88. The predicted octanol–water partition coefficient (Wildman–Crippen LogP) is 2.47. The summed E-state index contributed by atoms with van der Waals surface area (Å²) in [4.78, 5) is 30.3. The number of hydrogen-bond donors (Lipinski definition) is 1. The van der Waals surface area contributed by atoms with E-state index >= 15 is 0 Å². The van der Waals surface area contributed by atoms with Crippen LogP contribution >= 0.6 is 11.3 Å². The summed E-state index contributed by atoms with van der Waals surface area (Å²) >= 11 is 1.48. The third-order valence-corrected chi connectivity index (χ3v) is 5.19. The van der Waals surface area contributed by atoms with Gasteiger partial charge in [0.25, 0.3) is 0 Å². The van der Waals surface area contributed by atoms with Crippen LogP contribution in [0.25, 0.3) is 0 Å². The maximum atomic E-state index is 12.5. The summed E-state index contributed by atoms with van der Waals surface area (Å²) in [7, 11) is 4.01. The third kappa shape index (κ3) is 4.76. The fourth-order valence-corrected chi connectivity index (χ4v) is 3.86. The molecule has 1 aliphatic rings. The van der Waals surface area contributed by atoms with E-state index in [1.165, 1.54) is 11.3 Å². The molecule has 7 nitrogen and oxygen atoms in total. The van der Waals surface area contributed by atoms with Gasteiger partial charge < -0.3 is 15.1 Å². The number of anilines is 2. The lowest BCUT2D eigenvalue weighted by atomic mass is 9.96. The zero-order valence-electron chi connectivity index (χ0n) is 15.8. The zero-order chi connectivity index (χ0) is 18.7. The number of nitrogens with one attached hydrogen (secondary N) is 1. The molecule has 0 bridgehead atoms. The summed E-state index contributed by atoms with van der Waals surface area (Å²) in [5.74, 6) is 0.852. The third-order valence-electron chi connectivity index (χ3n) is 4.38. The van der Waals surface area contributed by atoms with Crippen molar-refractivity contribution in [3.8, 4) is 0 Å². The van der Waals surface area contributed by atoms with Crippen molar-refractivity contribution in [2.45, 2.75) is 33.2 Å². The van der Waals surface area contributed by atoms with Crippen molar-refractivity contribution in [2.24, 2.45) is 5.92 Å². The number of thiazole rings is 1. The Hall–Kier alpha value is -2.06. The summed E-state index contributed by atoms with van der Waals surface area (Å²) in [5, 5.41) is 5.66. The topological polar surface area (TPSA) is 74.2 Å². The summed E-state index contributed by atoms with van der Waals surface area (Å²) in [6.07, 6.45) is 1.61. The van der Waals surface area contributed by atoms with E-state index in [4.69, 9.17) is 0 Å². The Balaban J connectivity index is 1.54. The normalized spacial score (nSPS) is 15.5. The molecule has 0 spiro atoms. The molecule has 2 aromatic heterocycles. The van der Waals surface area contributed by atoms with Crippen LogP contribution < -0.4 is 10.2 Å². The first kappa shape index (κ1) is 18.7. The molecule has 8 heteroatoms. The Morgan fingerprint density at radius 1 is 1.23 bits per heavy atom. The number of aryl methyl sites for hydroxylation is 2. The number of hydrogen-bond acceptors (Lipinski definition) is 7. The number of rotatable bonds is 5. The molecule has 140 valence electrons. The van der Waals surface area contributed by atoms with Gasteiger partial charge >= 0.3 is 0 Å². The SMILES string of the molecule is Cc1cc(C)nc(N2CCC(C(=O)Nc3nc(CN(C)C)cs3)CC2)n1. The molecule has 0 saturated carbocycles. The van der Waals surface area contributed by atoms with Crippen LogP contribution in [0.4, 0.5) is 11.1 Å². The molecule has 1 saturated heterocycles. The van der Waals surface area contributed by atoms with Gasteiger partial charge in [-0.3, -0.25) is 4.79 Å². The number of nitrogens with zero attached hydrogens (tertiary/aromatic N) is 5. The van der Waals surface area contributed by atoms with Gasteiger partial charge in [0.15, 0.2) is 5.13 Å². The average molecular weight is 375 g/mol. The van der Waals surface area contributed by atoms with Crippen molar-refractivity contribution in [3.05, 3.63) is 28.5 Å². The summed E-state index contributed by atoms with van der Waals surface area (Å²) < 4.78 is 0. The molecule has 1 N–H and O–H groups in total. The Labute approximate surface area is 158 Å². The average Bonchev–Trinajstić information content (AvgIpc) is 3.00. The lowest BCUT2D eigenvalue weighted by molar-refractivity contribution is -0.120. The summed E-state index contributed by atoms with van der Waals surface area (Å²) in [6.45, 7) is 6.34. The van der Waals surface area contributed by atoms with Gasteiger partial charge in [-0.2, -0.15) is 0 Å². The van der Waals surface area contributed by atoms with Crippen molar-refractivity contribution >= 4 is 28.3 Å². The first-order chi connectivity index (χ1) is 12.4. The van der Waals surface area contributed by atoms with E-state index in [-0.39, 0.29) is 11.8 Å². The first-order valence-corrected chi connectivity index (χ1v) is 9.76. The monoisotopic (exact) mass is 374 g/mol. The molecule has 0 aliphatic carbocycles. The quantitative estimate of drug-likeness (QED) is 0.867. The number of amides is 1. The molecule has 3 rings (SSSR count). The molecule has 0 aromatic carbocycles. The molecular formula is C18H26N6OS. The number of carbonyl (C=O) groups excluding carboxylic acids is 1. The van der Waals surface area contributed by atoms with Gasteiger partial charge in [-0.1, -0.05) is 0 Å². The number of piperidine rings is 1. The Morgan fingerprint density at radius 2 is 1.88 bits per heavy atom. The fraction of sp³-hybridized carbons (Fsp3) is 0.556. The lowest BCUT2D eigenvalue weighted by Crippen LogP contribution is -2.39. The van der Waals surface area contributed by atoms with Gasteiger partial charge in [0.1, 0.15) is 0 Å². The van der Waals surface area contributed by atoms with E-state index in [9.17, 15) is 4.79 Å². The smallest absolute Gasteiger partial charge is 0.229 e. The molecule has 1 aliphatic heterocycles. The van der Waals surface area contributed by atoms with Gasteiger partial charge in [0, 0.05) is 42.3 Å². The van der Waals surface area contributed by atoms with Crippen LogP contribution in [0.5, 0.6) is 0 Å². The second-order valence-corrected chi connectivity index (χ2v) is 7.94. The zero-order valence-corrected chi connectivity index (χ0v) is 16.6. The fourth-order valence-electron chi connectivity index (χ4n) is 3.16. The Kier molecular flexibility index (Phi) is 5.83. The van der Waals surface area contributed by atoms with Gasteiger partial charge in [-0.25, -0.2) is 15.0 Å². The van der Waals surface area contributed by atoms with Crippen molar-refractivity contribution in [1.29, 1.82) is 0 Å². The summed E-state index contributed by atoms with van der Waals surface area (Å²) in [6, 6.07) is 1.97. The van der Waals surface area contributed by atoms with Crippen LogP contribution in [0.3, 0.4) is 0 Å².